The van der Waals surface area contributed by atoms with E-state index in [-0.39, 0.29) is 23.7 Å². The molecule has 3 N–H and O–H groups in total. The Balaban J connectivity index is 2.58. The van der Waals surface area contributed by atoms with Crippen molar-refractivity contribution in [1.82, 2.24) is 10.6 Å². The molecule has 5 nitrogen and oxygen atoms in total. The number of carboxylic acid groups (broad SMARTS) is 1. The van der Waals surface area contributed by atoms with Gasteiger partial charge >= 0.3 is 5.97 Å². The van der Waals surface area contributed by atoms with Crippen LogP contribution in [0, 0.1) is 17.8 Å². The van der Waals surface area contributed by atoms with Crippen molar-refractivity contribution in [2.45, 2.75) is 26.8 Å². The van der Waals surface area contributed by atoms with Crippen molar-refractivity contribution in [2.75, 3.05) is 13.1 Å². The maximum atomic E-state index is 11.9. The molecule has 92 valence electrons. The quantitative estimate of drug-likeness (QED) is 0.636. The number of rotatable bonds is 4. The lowest BCUT2D eigenvalue weighted by atomic mass is 9.96. The van der Waals surface area contributed by atoms with E-state index in [0.717, 1.165) is 6.54 Å². The lowest BCUT2D eigenvalue weighted by Crippen LogP contribution is -2.47. The van der Waals surface area contributed by atoms with Gasteiger partial charge in [0, 0.05) is 6.54 Å². The molecule has 1 aliphatic rings. The van der Waals surface area contributed by atoms with Gasteiger partial charge < -0.3 is 15.7 Å². The first-order valence-electron chi connectivity index (χ1n) is 5.67. The topological polar surface area (TPSA) is 78.4 Å². The van der Waals surface area contributed by atoms with E-state index in [1.807, 2.05) is 6.92 Å². The molecule has 1 saturated heterocycles. The molecule has 0 saturated carbocycles. The molecular weight excluding hydrogens is 208 g/mol. The molecule has 1 rings (SSSR count). The van der Waals surface area contributed by atoms with Crippen molar-refractivity contribution < 1.29 is 14.7 Å². The standard InChI is InChI=1S/C11H20N2O3/c1-6(2)9(11(15)16)13-10(14)8-5-12-4-7(8)3/h6-9,12H,4-5H2,1-3H3,(H,13,14)(H,15,16)/t7?,8?,9-/m1/s1. The van der Waals surface area contributed by atoms with Crippen LogP contribution in [0.25, 0.3) is 0 Å². The minimum absolute atomic E-state index is 0.105. The molecule has 16 heavy (non-hydrogen) atoms. The Labute approximate surface area is 95.6 Å². The molecule has 1 fully saturated rings. The number of hydrogen-bond donors (Lipinski definition) is 3. The van der Waals surface area contributed by atoms with Crippen molar-refractivity contribution in [3.8, 4) is 0 Å². The van der Waals surface area contributed by atoms with Crippen LogP contribution < -0.4 is 10.6 Å². The molecule has 1 aliphatic heterocycles. The Hall–Kier alpha value is -1.10. The second kappa shape index (κ2) is 5.30. The third-order valence-corrected chi connectivity index (χ3v) is 3.08. The predicted octanol–water partition coefficient (Wildman–Crippen LogP) is 0.0673. The smallest absolute Gasteiger partial charge is 0.326 e. The average Bonchev–Trinajstić information content (AvgIpc) is 2.59. The Morgan fingerprint density at radius 2 is 2.00 bits per heavy atom. The Kier molecular flexibility index (Phi) is 4.29. The van der Waals surface area contributed by atoms with Crippen LogP contribution in [-0.4, -0.2) is 36.1 Å². The van der Waals surface area contributed by atoms with Gasteiger partial charge in [0.1, 0.15) is 6.04 Å². The van der Waals surface area contributed by atoms with Gasteiger partial charge in [-0.15, -0.1) is 0 Å². The fraction of sp³-hybridized carbons (Fsp3) is 0.818. The van der Waals surface area contributed by atoms with Gasteiger partial charge in [-0.2, -0.15) is 0 Å². The van der Waals surface area contributed by atoms with E-state index in [9.17, 15) is 9.59 Å². The summed E-state index contributed by atoms with van der Waals surface area (Å²) in [7, 11) is 0. The first-order chi connectivity index (χ1) is 7.43. The summed E-state index contributed by atoms with van der Waals surface area (Å²) in [6.07, 6.45) is 0. The van der Waals surface area contributed by atoms with E-state index in [1.165, 1.54) is 0 Å². The predicted molar refractivity (Wildman–Crippen MR) is 59.9 cm³/mol. The second-order valence-electron chi connectivity index (χ2n) is 4.81. The van der Waals surface area contributed by atoms with Gasteiger partial charge in [-0.25, -0.2) is 4.79 Å². The zero-order valence-electron chi connectivity index (χ0n) is 9.99. The molecule has 0 aliphatic carbocycles. The SMILES string of the molecule is CC1CNCC1C(=O)N[C@@H](C(=O)O)C(C)C. The normalized spacial score (nSPS) is 26.8. The molecule has 5 heteroatoms. The molecule has 0 aromatic heterocycles. The molecule has 0 aromatic rings. The number of aliphatic carboxylic acids is 1. The monoisotopic (exact) mass is 228 g/mol. The molecular formula is C11H20N2O3. The minimum atomic E-state index is -0.970. The molecule has 1 amide bonds. The third kappa shape index (κ3) is 2.95. The Bertz CT molecular complexity index is 278. The molecule has 0 bridgehead atoms. The highest BCUT2D eigenvalue weighted by molar-refractivity contribution is 5.85. The van der Waals surface area contributed by atoms with Gasteiger partial charge in [-0.05, 0) is 18.4 Å². The van der Waals surface area contributed by atoms with Crippen molar-refractivity contribution >= 4 is 11.9 Å². The van der Waals surface area contributed by atoms with Gasteiger partial charge in [0.2, 0.25) is 5.91 Å². The summed E-state index contributed by atoms with van der Waals surface area (Å²) in [4.78, 5) is 22.8. The summed E-state index contributed by atoms with van der Waals surface area (Å²) < 4.78 is 0. The summed E-state index contributed by atoms with van der Waals surface area (Å²) in [5.41, 5.74) is 0. The average molecular weight is 228 g/mol. The maximum Gasteiger partial charge on any atom is 0.326 e. The number of amides is 1. The lowest BCUT2D eigenvalue weighted by Gasteiger charge is -2.21. The van der Waals surface area contributed by atoms with Crippen molar-refractivity contribution in [3.63, 3.8) is 0 Å². The van der Waals surface area contributed by atoms with E-state index >= 15 is 0 Å². The van der Waals surface area contributed by atoms with Crippen LogP contribution in [0.2, 0.25) is 0 Å². The first kappa shape index (κ1) is 13.0. The summed E-state index contributed by atoms with van der Waals surface area (Å²) >= 11 is 0. The van der Waals surface area contributed by atoms with Crippen LogP contribution in [0.1, 0.15) is 20.8 Å². The number of nitrogens with one attached hydrogen (secondary N) is 2. The highest BCUT2D eigenvalue weighted by Gasteiger charge is 2.32. The maximum absolute atomic E-state index is 11.9. The van der Waals surface area contributed by atoms with Crippen LogP contribution in [-0.2, 0) is 9.59 Å². The van der Waals surface area contributed by atoms with E-state index in [0.29, 0.717) is 6.54 Å². The van der Waals surface area contributed by atoms with Crippen LogP contribution in [0.4, 0.5) is 0 Å². The second-order valence-corrected chi connectivity index (χ2v) is 4.81. The van der Waals surface area contributed by atoms with Gasteiger partial charge in [-0.1, -0.05) is 20.8 Å². The van der Waals surface area contributed by atoms with Crippen molar-refractivity contribution in [3.05, 3.63) is 0 Å². The van der Waals surface area contributed by atoms with Gasteiger partial charge in [0.05, 0.1) is 5.92 Å². The van der Waals surface area contributed by atoms with Crippen LogP contribution in [0.5, 0.6) is 0 Å². The van der Waals surface area contributed by atoms with E-state index in [4.69, 9.17) is 5.11 Å². The lowest BCUT2D eigenvalue weighted by molar-refractivity contribution is -0.143. The van der Waals surface area contributed by atoms with Crippen LogP contribution in [0.15, 0.2) is 0 Å². The molecule has 2 unspecified atom stereocenters. The molecule has 0 aromatic carbocycles. The number of carbonyl (C=O) groups excluding carboxylic acids is 1. The Morgan fingerprint density at radius 3 is 2.38 bits per heavy atom. The zero-order chi connectivity index (χ0) is 12.3. The molecule has 0 radical (unpaired) electrons. The molecule has 1 heterocycles. The van der Waals surface area contributed by atoms with Crippen LogP contribution >= 0.6 is 0 Å². The highest BCUT2D eigenvalue weighted by atomic mass is 16.4. The number of carbonyl (C=O) groups is 2. The van der Waals surface area contributed by atoms with E-state index < -0.39 is 12.0 Å². The number of carboxylic acids is 1. The highest BCUT2D eigenvalue weighted by Crippen LogP contribution is 2.16. The van der Waals surface area contributed by atoms with Gasteiger partial charge in [0.15, 0.2) is 0 Å². The minimum Gasteiger partial charge on any atom is -0.480 e. The summed E-state index contributed by atoms with van der Waals surface area (Å²) in [6, 6.07) is -0.791. The van der Waals surface area contributed by atoms with E-state index in [1.54, 1.807) is 13.8 Å². The van der Waals surface area contributed by atoms with E-state index in [2.05, 4.69) is 10.6 Å². The van der Waals surface area contributed by atoms with Crippen molar-refractivity contribution in [1.29, 1.82) is 0 Å². The molecule has 0 spiro atoms. The fourth-order valence-corrected chi connectivity index (χ4v) is 1.93. The zero-order valence-corrected chi connectivity index (χ0v) is 9.99. The van der Waals surface area contributed by atoms with Gasteiger partial charge in [0.25, 0.3) is 0 Å². The van der Waals surface area contributed by atoms with Crippen LogP contribution in [0.3, 0.4) is 0 Å². The molecule has 3 atom stereocenters. The summed E-state index contributed by atoms with van der Waals surface area (Å²) in [5.74, 6) is -1.08. The summed E-state index contributed by atoms with van der Waals surface area (Å²) in [6.45, 7) is 7.02. The summed E-state index contributed by atoms with van der Waals surface area (Å²) in [5, 5.41) is 14.7. The fourth-order valence-electron chi connectivity index (χ4n) is 1.93. The van der Waals surface area contributed by atoms with Gasteiger partial charge in [-0.3, -0.25) is 4.79 Å². The van der Waals surface area contributed by atoms with Crippen molar-refractivity contribution in [2.24, 2.45) is 17.8 Å². The Morgan fingerprint density at radius 1 is 1.38 bits per heavy atom. The first-order valence-corrected chi connectivity index (χ1v) is 5.67. The number of hydrogen-bond acceptors (Lipinski definition) is 3. The third-order valence-electron chi connectivity index (χ3n) is 3.08. The largest absolute Gasteiger partial charge is 0.480 e.